The van der Waals surface area contributed by atoms with Gasteiger partial charge in [-0.3, -0.25) is 9.00 Å². The van der Waals surface area contributed by atoms with Gasteiger partial charge < -0.3 is 16.0 Å². The molecule has 0 saturated carbocycles. The Bertz CT molecular complexity index is 475. The highest BCUT2D eigenvalue weighted by Gasteiger charge is 2.13. The zero-order valence-corrected chi connectivity index (χ0v) is 12.4. The average Bonchev–Trinajstić information content (AvgIpc) is 2.37. The van der Waals surface area contributed by atoms with Gasteiger partial charge in [0.15, 0.2) is 0 Å². The second-order valence-electron chi connectivity index (χ2n) is 4.36. The highest BCUT2D eigenvalue weighted by atomic mass is 32.2. The van der Waals surface area contributed by atoms with E-state index in [1.54, 1.807) is 12.1 Å². The van der Waals surface area contributed by atoms with Crippen LogP contribution >= 0.6 is 0 Å². The maximum absolute atomic E-state index is 12.1. The Hall–Kier alpha value is -1.56. The van der Waals surface area contributed by atoms with E-state index in [2.05, 4.69) is 5.32 Å². The molecule has 1 rings (SSSR count). The van der Waals surface area contributed by atoms with Crippen molar-refractivity contribution in [3.8, 4) is 0 Å². The van der Waals surface area contributed by atoms with Crippen molar-refractivity contribution in [3.05, 3.63) is 23.8 Å². The fourth-order valence-electron chi connectivity index (χ4n) is 1.64. The third kappa shape index (κ3) is 4.55. The first kappa shape index (κ1) is 15.5. The summed E-state index contributed by atoms with van der Waals surface area (Å²) in [5, 5.41) is 2.77. The summed E-state index contributed by atoms with van der Waals surface area (Å²) in [6.07, 6.45) is 0. The number of hydrogen-bond acceptors (Lipinski definition) is 4. The number of anilines is 2. The van der Waals surface area contributed by atoms with Crippen molar-refractivity contribution in [1.29, 1.82) is 0 Å². The van der Waals surface area contributed by atoms with Crippen LogP contribution in [0.15, 0.2) is 18.2 Å². The minimum Gasteiger partial charge on any atom is -0.399 e. The van der Waals surface area contributed by atoms with Crippen molar-refractivity contribution < 1.29 is 9.00 Å². The monoisotopic (exact) mass is 283 g/mol. The van der Waals surface area contributed by atoms with E-state index in [0.717, 1.165) is 5.69 Å². The van der Waals surface area contributed by atoms with Crippen LogP contribution < -0.4 is 16.0 Å². The van der Waals surface area contributed by atoms with Crippen LogP contribution in [0.5, 0.6) is 0 Å². The molecule has 0 heterocycles. The predicted molar refractivity (Wildman–Crippen MR) is 81.1 cm³/mol. The lowest BCUT2D eigenvalue weighted by Crippen LogP contribution is -2.29. The number of nitrogens with two attached hydrogens (primary N) is 1. The molecule has 1 aromatic rings. The van der Waals surface area contributed by atoms with Crippen LogP contribution in [0.2, 0.25) is 0 Å². The molecule has 0 fully saturated rings. The van der Waals surface area contributed by atoms with Gasteiger partial charge in [0.2, 0.25) is 0 Å². The van der Waals surface area contributed by atoms with Gasteiger partial charge in [0.1, 0.15) is 0 Å². The number of hydrogen-bond donors (Lipinski definition) is 2. The van der Waals surface area contributed by atoms with Gasteiger partial charge >= 0.3 is 0 Å². The Morgan fingerprint density at radius 2 is 2.11 bits per heavy atom. The number of carbonyl (C=O) groups is 1. The van der Waals surface area contributed by atoms with Crippen LogP contribution in [0, 0.1) is 0 Å². The van der Waals surface area contributed by atoms with Crippen LogP contribution in [0.25, 0.3) is 0 Å². The van der Waals surface area contributed by atoms with Gasteiger partial charge in [0.25, 0.3) is 5.91 Å². The van der Waals surface area contributed by atoms with E-state index in [-0.39, 0.29) is 5.91 Å². The molecule has 0 aliphatic heterocycles. The van der Waals surface area contributed by atoms with E-state index < -0.39 is 10.8 Å². The quantitative estimate of drug-likeness (QED) is 0.758. The van der Waals surface area contributed by atoms with Gasteiger partial charge in [-0.15, -0.1) is 0 Å². The SMILES string of the molecule is CCS(=O)CCNC(=O)c1cc(N)ccc1N(C)C. The van der Waals surface area contributed by atoms with Gasteiger partial charge in [-0.05, 0) is 18.2 Å². The normalized spacial score (nSPS) is 11.9. The summed E-state index contributed by atoms with van der Waals surface area (Å²) in [7, 11) is 2.87. The smallest absolute Gasteiger partial charge is 0.253 e. The van der Waals surface area contributed by atoms with Gasteiger partial charge in [0, 0.05) is 54.3 Å². The molecule has 0 aromatic heterocycles. The van der Waals surface area contributed by atoms with Gasteiger partial charge in [-0.2, -0.15) is 0 Å². The van der Waals surface area contributed by atoms with Crippen LogP contribution in [-0.4, -0.2) is 42.3 Å². The number of benzene rings is 1. The van der Waals surface area contributed by atoms with E-state index in [0.29, 0.717) is 29.3 Å². The van der Waals surface area contributed by atoms with Crippen LogP contribution in [0.3, 0.4) is 0 Å². The molecule has 1 aromatic carbocycles. The molecule has 1 atom stereocenters. The summed E-state index contributed by atoms with van der Waals surface area (Å²) < 4.78 is 11.3. The Morgan fingerprint density at radius 3 is 2.68 bits per heavy atom. The first-order valence-electron chi connectivity index (χ1n) is 6.15. The van der Waals surface area contributed by atoms with Crippen molar-refractivity contribution in [3.63, 3.8) is 0 Å². The molecule has 0 aliphatic rings. The van der Waals surface area contributed by atoms with E-state index in [1.807, 2.05) is 32.0 Å². The zero-order chi connectivity index (χ0) is 14.4. The zero-order valence-electron chi connectivity index (χ0n) is 11.6. The first-order valence-corrected chi connectivity index (χ1v) is 7.64. The first-order chi connectivity index (χ1) is 8.95. The lowest BCUT2D eigenvalue weighted by molar-refractivity contribution is 0.0956. The van der Waals surface area contributed by atoms with Crippen molar-refractivity contribution in [2.45, 2.75) is 6.92 Å². The second kappa shape index (κ2) is 7.13. The number of nitrogens with zero attached hydrogens (tertiary/aromatic N) is 1. The fourth-order valence-corrected chi connectivity index (χ4v) is 2.26. The number of carbonyl (C=O) groups excluding carboxylic acids is 1. The van der Waals surface area contributed by atoms with Gasteiger partial charge in [-0.1, -0.05) is 6.92 Å². The van der Waals surface area contributed by atoms with E-state index in [4.69, 9.17) is 5.73 Å². The molecule has 0 radical (unpaired) electrons. The number of nitrogens with one attached hydrogen (secondary N) is 1. The average molecular weight is 283 g/mol. The van der Waals surface area contributed by atoms with Gasteiger partial charge in [0.05, 0.1) is 5.56 Å². The molecular weight excluding hydrogens is 262 g/mol. The largest absolute Gasteiger partial charge is 0.399 e. The number of rotatable bonds is 6. The summed E-state index contributed by atoms with van der Waals surface area (Å²) in [5.41, 5.74) is 7.61. The Labute approximate surface area is 116 Å². The fraction of sp³-hybridized carbons (Fsp3) is 0.462. The summed E-state index contributed by atoms with van der Waals surface area (Å²) in [6, 6.07) is 5.23. The molecule has 3 N–H and O–H groups in total. The Kier molecular flexibility index (Phi) is 5.82. The molecule has 19 heavy (non-hydrogen) atoms. The van der Waals surface area contributed by atoms with Crippen LogP contribution in [-0.2, 0) is 10.8 Å². The maximum atomic E-state index is 12.1. The minimum absolute atomic E-state index is 0.191. The summed E-state index contributed by atoms with van der Waals surface area (Å²) in [6.45, 7) is 2.26. The molecule has 106 valence electrons. The second-order valence-corrected chi connectivity index (χ2v) is 6.22. The maximum Gasteiger partial charge on any atom is 0.253 e. The standard InChI is InChI=1S/C13H21N3O2S/c1-4-19(18)8-7-15-13(17)11-9-10(14)5-6-12(11)16(2)3/h5-6,9H,4,7-8,14H2,1-3H3,(H,15,17). The molecule has 0 saturated heterocycles. The molecule has 0 spiro atoms. The molecule has 5 nitrogen and oxygen atoms in total. The van der Waals surface area contributed by atoms with Crippen molar-refractivity contribution >= 4 is 28.1 Å². The molecule has 6 heteroatoms. The van der Waals surface area contributed by atoms with E-state index in [9.17, 15) is 9.00 Å². The van der Waals surface area contributed by atoms with E-state index >= 15 is 0 Å². The van der Waals surface area contributed by atoms with Crippen molar-refractivity contribution in [1.82, 2.24) is 5.32 Å². The third-order valence-electron chi connectivity index (χ3n) is 2.68. The number of nitrogen functional groups attached to an aromatic ring is 1. The van der Waals surface area contributed by atoms with Crippen molar-refractivity contribution in [2.75, 3.05) is 42.8 Å². The van der Waals surface area contributed by atoms with Gasteiger partial charge in [-0.25, -0.2) is 0 Å². The molecular formula is C13H21N3O2S. The topological polar surface area (TPSA) is 75.4 Å². The lowest BCUT2D eigenvalue weighted by atomic mass is 10.1. The lowest BCUT2D eigenvalue weighted by Gasteiger charge is -2.17. The molecule has 0 aliphatic carbocycles. The molecule has 1 unspecified atom stereocenters. The van der Waals surface area contributed by atoms with E-state index in [1.165, 1.54) is 0 Å². The minimum atomic E-state index is -0.868. The third-order valence-corrected chi connectivity index (χ3v) is 3.99. The highest BCUT2D eigenvalue weighted by molar-refractivity contribution is 7.84. The highest BCUT2D eigenvalue weighted by Crippen LogP contribution is 2.21. The number of amides is 1. The Balaban J connectivity index is 2.75. The molecule has 0 bridgehead atoms. The molecule has 1 amide bonds. The predicted octanol–water partition coefficient (Wildman–Crippen LogP) is 0.833. The van der Waals surface area contributed by atoms with Crippen molar-refractivity contribution in [2.24, 2.45) is 0 Å². The summed E-state index contributed by atoms with van der Waals surface area (Å²) >= 11 is 0. The Morgan fingerprint density at radius 1 is 1.42 bits per heavy atom. The van der Waals surface area contributed by atoms with Crippen LogP contribution in [0.4, 0.5) is 11.4 Å². The summed E-state index contributed by atoms with van der Waals surface area (Å²) in [5.74, 6) is 0.892. The summed E-state index contributed by atoms with van der Waals surface area (Å²) in [4.78, 5) is 14.0. The van der Waals surface area contributed by atoms with Crippen LogP contribution in [0.1, 0.15) is 17.3 Å².